The Hall–Kier alpha value is 0.0100. The van der Waals surface area contributed by atoms with Gasteiger partial charge in [-0.25, -0.2) is 0 Å². The first-order valence-electron chi connectivity index (χ1n) is 7.70. The van der Waals surface area contributed by atoms with E-state index in [9.17, 15) is 5.11 Å². The lowest BCUT2D eigenvalue weighted by Gasteiger charge is -2.27. The van der Waals surface area contributed by atoms with E-state index in [0.717, 1.165) is 0 Å². The molecule has 3 unspecified atom stereocenters. The zero-order chi connectivity index (χ0) is 14.4. The standard InChI is InChI=1S/C15H27O4P/c16-9-8-12-13(17)10-18-15(12)7-6-14(19-20)11-4-2-1-3-5-11/h6-7,11-17H,1-5,8-10,20H2/b7-6+/t12-,13?,14?,15+/m0/s1. The summed E-state index contributed by atoms with van der Waals surface area (Å²) < 4.78 is 11.1. The molecule has 1 aliphatic carbocycles. The lowest BCUT2D eigenvalue weighted by Crippen LogP contribution is -2.25. The van der Waals surface area contributed by atoms with Gasteiger partial charge in [0.15, 0.2) is 0 Å². The summed E-state index contributed by atoms with van der Waals surface area (Å²) in [4.78, 5) is 0. The maximum atomic E-state index is 9.86. The van der Waals surface area contributed by atoms with Gasteiger partial charge in [-0.1, -0.05) is 31.4 Å². The molecule has 1 heterocycles. The minimum atomic E-state index is -0.471. The van der Waals surface area contributed by atoms with Crippen LogP contribution in [0.4, 0.5) is 0 Å². The van der Waals surface area contributed by atoms with Gasteiger partial charge in [0.2, 0.25) is 0 Å². The van der Waals surface area contributed by atoms with Gasteiger partial charge in [0.25, 0.3) is 0 Å². The van der Waals surface area contributed by atoms with Crippen LogP contribution in [0.1, 0.15) is 38.5 Å². The summed E-state index contributed by atoms with van der Waals surface area (Å²) in [5.74, 6) is 0.577. The summed E-state index contributed by atoms with van der Waals surface area (Å²) in [6, 6.07) is 0. The molecule has 0 aromatic heterocycles. The monoisotopic (exact) mass is 302 g/mol. The van der Waals surface area contributed by atoms with E-state index in [0.29, 0.717) is 18.9 Å². The zero-order valence-electron chi connectivity index (χ0n) is 12.0. The van der Waals surface area contributed by atoms with Crippen molar-refractivity contribution in [2.75, 3.05) is 13.2 Å². The van der Waals surface area contributed by atoms with E-state index in [1.165, 1.54) is 32.1 Å². The molecule has 2 rings (SSSR count). The predicted molar refractivity (Wildman–Crippen MR) is 81.2 cm³/mol. The molecule has 20 heavy (non-hydrogen) atoms. The molecule has 116 valence electrons. The van der Waals surface area contributed by atoms with Crippen LogP contribution in [0.2, 0.25) is 0 Å². The highest BCUT2D eigenvalue weighted by Gasteiger charge is 2.34. The molecule has 1 saturated heterocycles. The maximum absolute atomic E-state index is 9.86. The summed E-state index contributed by atoms with van der Waals surface area (Å²) in [5.41, 5.74) is 0. The number of aliphatic hydroxyl groups is 2. The smallest absolute Gasteiger partial charge is 0.0830 e. The average Bonchev–Trinajstić information content (AvgIpc) is 2.82. The van der Waals surface area contributed by atoms with Gasteiger partial charge in [0.05, 0.1) is 24.9 Å². The third-order valence-electron chi connectivity index (χ3n) is 4.60. The maximum Gasteiger partial charge on any atom is 0.0830 e. The molecular formula is C15H27O4P. The van der Waals surface area contributed by atoms with Crippen LogP contribution in [0, 0.1) is 11.8 Å². The van der Waals surface area contributed by atoms with Crippen molar-refractivity contribution in [2.24, 2.45) is 11.8 Å². The largest absolute Gasteiger partial charge is 0.396 e. The van der Waals surface area contributed by atoms with Gasteiger partial charge in [0, 0.05) is 22.0 Å². The Morgan fingerprint density at radius 2 is 2.05 bits per heavy atom. The van der Waals surface area contributed by atoms with E-state index in [4.69, 9.17) is 14.4 Å². The van der Waals surface area contributed by atoms with Gasteiger partial charge < -0.3 is 19.5 Å². The molecule has 2 fully saturated rings. The predicted octanol–water partition coefficient (Wildman–Crippen LogP) is 2.06. The van der Waals surface area contributed by atoms with Crippen LogP contribution in [0.5, 0.6) is 0 Å². The SMILES string of the molecule is OCC[C@H]1C(O)CO[C@@H]1/C=C/C(OP)C1CCCCC1. The fraction of sp³-hybridized carbons (Fsp3) is 0.867. The summed E-state index contributed by atoms with van der Waals surface area (Å²) in [7, 11) is 2.37. The van der Waals surface area contributed by atoms with Crippen LogP contribution >= 0.6 is 9.47 Å². The van der Waals surface area contributed by atoms with E-state index in [2.05, 4.69) is 15.5 Å². The topological polar surface area (TPSA) is 58.9 Å². The molecule has 4 nitrogen and oxygen atoms in total. The average molecular weight is 302 g/mol. The minimum absolute atomic E-state index is 0.00670. The Labute approximate surface area is 123 Å². The van der Waals surface area contributed by atoms with E-state index < -0.39 is 6.10 Å². The molecule has 1 aliphatic heterocycles. The highest BCUT2D eigenvalue weighted by molar-refractivity contribution is 7.09. The third kappa shape index (κ3) is 4.25. The fourth-order valence-corrected chi connectivity index (χ4v) is 3.69. The number of ether oxygens (including phenoxy) is 1. The molecule has 2 N–H and O–H groups in total. The lowest BCUT2D eigenvalue weighted by atomic mass is 9.85. The summed E-state index contributed by atoms with van der Waals surface area (Å²) in [6.45, 7) is 0.442. The third-order valence-corrected chi connectivity index (χ3v) is 4.91. The Bertz CT molecular complexity index is 300. The second-order valence-corrected chi connectivity index (χ2v) is 6.20. The Balaban J connectivity index is 1.91. The lowest BCUT2D eigenvalue weighted by molar-refractivity contribution is 0.106. The van der Waals surface area contributed by atoms with Crippen LogP contribution in [-0.2, 0) is 9.26 Å². The molecule has 0 amide bonds. The van der Waals surface area contributed by atoms with Gasteiger partial charge in [-0.3, -0.25) is 0 Å². The molecule has 0 spiro atoms. The number of hydrogen-bond acceptors (Lipinski definition) is 4. The van der Waals surface area contributed by atoms with E-state index in [1.807, 2.05) is 6.08 Å². The van der Waals surface area contributed by atoms with Gasteiger partial charge >= 0.3 is 0 Å². The minimum Gasteiger partial charge on any atom is -0.396 e. The van der Waals surface area contributed by atoms with Crippen LogP contribution in [0.3, 0.4) is 0 Å². The highest BCUT2D eigenvalue weighted by atomic mass is 31.0. The number of hydrogen-bond donors (Lipinski definition) is 2. The van der Waals surface area contributed by atoms with Crippen molar-refractivity contribution in [1.82, 2.24) is 0 Å². The highest BCUT2D eigenvalue weighted by Crippen LogP contribution is 2.31. The quantitative estimate of drug-likeness (QED) is 0.582. The van der Waals surface area contributed by atoms with Crippen LogP contribution < -0.4 is 0 Å². The second kappa shape index (κ2) is 8.45. The first-order chi connectivity index (χ1) is 9.76. The molecule has 0 bridgehead atoms. The summed E-state index contributed by atoms with van der Waals surface area (Å²) in [6.07, 6.45) is 10.5. The van der Waals surface area contributed by atoms with E-state index >= 15 is 0 Å². The van der Waals surface area contributed by atoms with E-state index in [1.54, 1.807) is 0 Å². The van der Waals surface area contributed by atoms with Gasteiger partial charge in [-0.2, -0.15) is 0 Å². The molecule has 0 aromatic rings. The van der Waals surface area contributed by atoms with Crippen molar-refractivity contribution in [2.45, 2.75) is 56.8 Å². The summed E-state index contributed by atoms with van der Waals surface area (Å²) >= 11 is 0. The molecule has 5 atom stereocenters. The van der Waals surface area contributed by atoms with Crippen LogP contribution in [0.15, 0.2) is 12.2 Å². The van der Waals surface area contributed by atoms with Crippen molar-refractivity contribution in [3.63, 3.8) is 0 Å². The second-order valence-electron chi connectivity index (χ2n) is 5.93. The number of aliphatic hydroxyl groups excluding tert-OH is 2. The molecule has 5 heteroatoms. The summed E-state index contributed by atoms with van der Waals surface area (Å²) in [5, 5.41) is 18.9. The molecule has 2 aliphatic rings. The van der Waals surface area contributed by atoms with Gasteiger partial charge in [-0.15, -0.1) is 0 Å². The van der Waals surface area contributed by atoms with Gasteiger partial charge in [0.1, 0.15) is 0 Å². The van der Waals surface area contributed by atoms with Crippen molar-refractivity contribution in [3.05, 3.63) is 12.2 Å². The number of rotatable bonds is 6. The molecule has 1 saturated carbocycles. The zero-order valence-corrected chi connectivity index (χ0v) is 13.1. The van der Waals surface area contributed by atoms with Crippen LogP contribution in [0.25, 0.3) is 0 Å². The fourth-order valence-electron chi connectivity index (χ4n) is 3.38. The Morgan fingerprint density at radius 3 is 2.70 bits per heavy atom. The first-order valence-corrected chi connectivity index (χ1v) is 8.17. The Kier molecular flexibility index (Phi) is 6.92. The van der Waals surface area contributed by atoms with Crippen LogP contribution in [-0.4, -0.2) is 41.7 Å². The molecular weight excluding hydrogens is 275 g/mol. The van der Waals surface area contributed by atoms with Gasteiger partial charge in [-0.05, 0) is 25.2 Å². The Morgan fingerprint density at radius 1 is 1.30 bits per heavy atom. The van der Waals surface area contributed by atoms with Crippen molar-refractivity contribution >= 4 is 9.47 Å². The normalized spacial score (nSPS) is 33.9. The molecule has 0 radical (unpaired) electrons. The first kappa shape index (κ1) is 16.4. The van der Waals surface area contributed by atoms with E-state index in [-0.39, 0.29) is 24.7 Å². The molecule has 0 aromatic carbocycles. The van der Waals surface area contributed by atoms with Crippen molar-refractivity contribution < 1.29 is 19.5 Å². The van der Waals surface area contributed by atoms with Crippen molar-refractivity contribution in [3.8, 4) is 0 Å². The van der Waals surface area contributed by atoms with Crippen molar-refractivity contribution in [1.29, 1.82) is 0 Å².